The summed E-state index contributed by atoms with van der Waals surface area (Å²) >= 11 is 0. The molecule has 0 amide bonds. The average Bonchev–Trinajstić information content (AvgIpc) is 3.53. The van der Waals surface area contributed by atoms with Gasteiger partial charge in [0.15, 0.2) is 16.0 Å². The molecular weight excluding hydrogens is 544 g/mol. The quantitative estimate of drug-likeness (QED) is 0.230. The van der Waals surface area contributed by atoms with Crippen molar-refractivity contribution in [2.24, 2.45) is 0 Å². The summed E-state index contributed by atoms with van der Waals surface area (Å²) < 4.78 is 80.5. The molecule has 3 heterocycles. The highest BCUT2D eigenvalue weighted by molar-refractivity contribution is 7.92. The van der Waals surface area contributed by atoms with Crippen molar-refractivity contribution in [3.05, 3.63) is 35.4 Å². The Bertz CT molecular complexity index is 1020. The maximum atomic E-state index is 16.4. The van der Waals surface area contributed by atoms with E-state index in [4.69, 9.17) is 0 Å². The Labute approximate surface area is 237 Å². The van der Waals surface area contributed by atoms with E-state index in [2.05, 4.69) is 27.4 Å². The Kier molecular flexibility index (Phi) is 11.3. The molecule has 3 aliphatic heterocycles. The first-order valence-corrected chi connectivity index (χ1v) is 16.8. The largest absolute Gasteiger partial charge is 0.416 e. The fourth-order valence-electron chi connectivity index (χ4n) is 6.56. The first-order valence-electron chi connectivity index (χ1n) is 15.1. The molecule has 1 aromatic rings. The SMILES string of the molecule is CCCCCCCCCN1CNC(NCC2CCCS2(=O)=O)C(F)C1N1CCC[C@@H]1c1ccc(C(F)(F)F)cc1. The molecule has 0 aromatic heterocycles. The molecule has 11 heteroatoms. The first-order chi connectivity index (χ1) is 19.1. The van der Waals surface area contributed by atoms with Crippen LogP contribution in [0.4, 0.5) is 17.6 Å². The van der Waals surface area contributed by atoms with E-state index in [-0.39, 0.29) is 18.3 Å². The molecule has 0 bridgehead atoms. The third-order valence-electron chi connectivity index (χ3n) is 8.83. The van der Waals surface area contributed by atoms with E-state index in [1.54, 1.807) is 0 Å². The normalized spacial score (nSPS) is 29.8. The number of alkyl halides is 4. The fraction of sp³-hybridized carbons (Fsp3) is 0.793. The number of nitrogens with zero attached hydrogens (tertiary/aromatic N) is 2. The smallest absolute Gasteiger partial charge is 0.298 e. The molecule has 0 radical (unpaired) electrons. The number of sulfone groups is 1. The van der Waals surface area contributed by atoms with Crippen molar-refractivity contribution in [2.45, 2.75) is 114 Å². The van der Waals surface area contributed by atoms with Gasteiger partial charge in [0.2, 0.25) is 0 Å². The Morgan fingerprint density at radius 3 is 2.35 bits per heavy atom. The van der Waals surface area contributed by atoms with Crippen molar-refractivity contribution in [2.75, 3.05) is 32.1 Å². The van der Waals surface area contributed by atoms with Gasteiger partial charge in [0.25, 0.3) is 0 Å². The molecule has 0 aliphatic carbocycles. The van der Waals surface area contributed by atoms with E-state index in [0.29, 0.717) is 26.1 Å². The molecule has 4 rings (SSSR count). The molecule has 6 nitrogen and oxygen atoms in total. The van der Waals surface area contributed by atoms with Crippen LogP contribution in [0.1, 0.15) is 94.7 Å². The second kappa shape index (κ2) is 14.3. The molecule has 3 aliphatic rings. The van der Waals surface area contributed by atoms with Gasteiger partial charge in [0.1, 0.15) is 0 Å². The molecule has 1 aromatic carbocycles. The highest BCUT2D eigenvalue weighted by atomic mass is 32.2. The van der Waals surface area contributed by atoms with Crippen LogP contribution in [0.25, 0.3) is 0 Å². The number of nitrogens with one attached hydrogen (secondary N) is 2. The summed E-state index contributed by atoms with van der Waals surface area (Å²) in [7, 11) is -3.14. The topological polar surface area (TPSA) is 64.7 Å². The average molecular weight is 591 g/mol. The van der Waals surface area contributed by atoms with Crippen molar-refractivity contribution < 1.29 is 26.0 Å². The van der Waals surface area contributed by atoms with E-state index in [9.17, 15) is 21.6 Å². The van der Waals surface area contributed by atoms with Gasteiger partial charge in [-0.05, 0) is 49.8 Å². The van der Waals surface area contributed by atoms with Gasteiger partial charge in [-0.25, -0.2) is 12.8 Å². The summed E-state index contributed by atoms with van der Waals surface area (Å²) in [5.74, 6) is 0.188. The number of hydrogen-bond donors (Lipinski definition) is 2. The van der Waals surface area contributed by atoms with Gasteiger partial charge in [-0.15, -0.1) is 0 Å². The Morgan fingerprint density at radius 2 is 1.70 bits per heavy atom. The highest BCUT2D eigenvalue weighted by Crippen LogP contribution is 2.38. The van der Waals surface area contributed by atoms with E-state index < -0.39 is 45.3 Å². The number of likely N-dealkylation sites (tertiary alicyclic amines) is 1. The monoisotopic (exact) mass is 590 g/mol. The highest BCUT2D eigenvalue weighted by Gasteiger charge is 2.46. The third kappa shape index (κ3) is 7.96. The predicted octanol–water partition coefficient (Wildman–Crippen LogP) is 5.61. The van der Waals surface area contributed by atoms with Crippen LogP contribution in [0, 0.1) is 0 Å². The standard InChI is InChI=1S/C29H46F4N4O2S/c1-2-3-4-5-6-7-8-17-36-21-35-27(34-20-24-11-10-19-40(24,38)39)26(30)28(36)37-18-9-12-25(37)22-13-15-23(16-14-22)29(31,32)33/h13-16,24-28,34-35H,2-12,17-21H2,1H3/t24?,25-,26?,27?,28?/m1/s1. The van der Waals surface area contributed by atoms with Crippen LogP contribution in [0.5, 0.6) is 0 Å². The molecule has 40 heavy (non-hydrogen) atoms. The second-order valence-electron chi connectivity index (χ2n) is 11.7. The van der Waals surface area contributed by atoms with Crippen LogP contribution < -0.4 is 10.6 Å². The van der Waals surface area contributed by atoms with E-state index in [1.807, 2.05) is 0 Å². The van der Waals surface area contributed by atoms with Crippen LogP contribution in [0.2, 0.25) is 0 Å². The van der Waals surface area contributed by atoms with Gasteiger partial charge in [0.05, 0.1) is 35.6 Å². The van der Waals surface area contributed by atoms with E-state index in [1.165, 1.54) is 37.8 Å². The minimum Gasteiger partial charge on any atom is -0.298 e. The summed E-state index contributed by atoms with van der Waals surface area (Å²) in [5.41, 5.74) is 0.0892. The van der Waals surface area contributed by atoms with Crippen LogP contribution in [0.3, 0.4) is 0 Å². The van der Waals surface area contributed by atoms with Crippen molar-refractivity contribution in [1.82, 2.24) is 20.4 Å². The van der Waals surface area contributed by atoms with Gasteiger partial charge < -0.3 is 0 Å². The maximum absolute atomic E-state index is 16.4. The van der Waals surface area contributed by atoms with Crippen LogP contribution in [0.15, 0.2) is 24.3 Å². The van der Waals surface area contributed by atoms with Crippen LogP contribution >= 0.6 is 0 Å². The lowest BCUT2D eigenvalue weighted by molar-refractivity contribution is -0.137. The van der Waals surface area contributed by atoms with Gasteiger partial charge in [-0.3, -0.25) is 20.4 Å². The lowest BCUT2D eigenvalue weighted by Crippen LogP contribution is -2.69. The van der Waals surface area contributed by atoms with E-state index >= 15 is 4.39 Å². The number of unbranched alkanes of at least 4 members (excludes halogenated alkanes) is 6. The molecule has 3 saturated heterocycles. The minimum absolute atomic E-state index is 0.170. The molecule has 3 fully saturated rings. The van der Waals surface area contributed by atoms with Crippen molar-refractivity contribution in [3.63, 3.8) is 0 Å². The summed E-state index contributed by atoms with van der Waals surface area (Å²) in [6.07, 6.45) is 3.94. The zero-order chi connectivity index (χ0) is 28.8. The van der Waals surface area contributed by atoms with Crippen molar-refractivity contribution in [1.29, 1.82) is 0 Å². The molecule has 2 N–H and O–H groups in total. The van der Waals surface area contributed by atoms with E-state index in [0.717, 1.165) is 56.3 Å². The van der Waals surface area contributed by atoms with Gasteiger partial charge >= 0.3 is 6.18 Å². The Balaban J connectivity index is 1.46. The van der Waals surface area contributed by atoms with Gasteiger partial charge in [0, 0.05) is 25.7 Å². The number of rotatable bonds is 13. The first kappa shape index (κ1) is 31.7. The summed E-state index contributed by atoms with van der Waals surface area (Å²) in [4.78, 5) is 4.25. The minimum atomic E-state index is -4.40. The van der Waals surface area contributed by atoms with Crippen molar-refractivity contribution >= 4 is 9.84 Å². The number of benzene rings is 1. The zero-order valence-electron chi connectivity index (χ0n) is 23.6. The lowest BCUT2D eigenvalue weighted by Gasteiger charge is -2.48. The van der Waals surface area contributed by atoms with Crippen molar-refractivity contribution in [3.8, 4) is 0 Å². The summed E-state index contributed by atoms with van der Waals surface area (Å²) in [6.45, 7) is 4.27. The molecule has 0 saturated carbocycles. The maximum Gasteiger partial charge on any atom is 0.416 e. The Morgan fingerprint density at radius 1 is 1.00 bits per heavy atom. The second-order valence-corrected chi connectivity index (χ2v) is 14.1. The van der Waals surface area contributed by atoms with Crippen LogP contribution in [-0.4, -0.2) is 74.0 Å². The molecule has 5 atom stereocenters. The van der Waals surface area contributed by atoms with Gasteiger partial charge in [-0.2, -0.15) is 13.2 Å². The van der Waals surface area contributed by atoms with Gasteiger partial charge in [-0.1, -0.05) is 57.6 Å². The summed E-state index contributed by atoms with van der Waals surface area (Å²) in [5, 5.41) is 5.95. The fourth-order valence-corrected chi connectivity index (χ4v) is 8.34. The third-order valence-corrected chi connectivity index (χ3v) is 11.1. The number of hydrogen-bond acceptors (Lipinski definition) is 6. The van der Waals surface area contributed by atoms with Crippen LogP contribution in [-0.2, 0) is 16.0 Å². The lowest BCUT2D eigenvalue weighted by atomic mass is 10.0. The molecular formula is C29H46F4N4O2S. The molecule has 4 unspecified atom stereocenters. The number of halogens is 4. The summed E-state index contributed by atoms with van der Waals surface area (Å²) in [6, 6.07) is 5.12. The molecule has 0 spiro atoms. The molecule has 228 valence electrons. The Hall–Kier alpha value is -1.27. The predicted molar refractivity (Wildman–Crippen MR) is 150 cm³/mol. The zero-order valence-corrected chi connectivity index (χ0v) is 24.5.